The number of allylic oxidation sites excluding steroid dienone is 5. The number of ether oxygens (including phenoxy) is 3. The molecule has 0 spiro atoms. The molecule has 6 heteroatoms. The highest BCUT2D eigenvalue weighted by atomic mass is 16.5. The van der Waals surface area contributed by atoms with Crippen LogP contribution in [0.2, 0.25) is 0 Å². The van der Waals surface area contributed by atoms with Gasteiger partial charge < -0.3 is 19.1 Å². The number of rotatable bonds is 9. The number of nitrogens with zero attached hydrogens (tertiary/aromatic N) is 1. The molecule has 1 atom stereocenters. The Morgan fingerprint density at radius 3 is 2.38 bits per heavy atom. The van der Waals surface area contributed by atoms with E-state index in [1.54, 1.807) is 43.5 Å². The third-order valence-corrected chi connectivity index (χ3v) is 6.04. The van der Waals surface area contributed by atoms with E-state index in [1.165, 1.54) is 12.8 Å². The minimum absolute atomic E-state index is 0.379. The maximum Gasteiger partial charge on any atom is 0.338 e. The lowest BCUT2D eigenvalue weighted by molar-refractivity contribution is 0.0243. The highest BCUT2D eigenvalue weighted by Crippen LogP contribution is 2.36. The van der Waals surface area contributed by atoms with E-state index in [9.17, 15) is 9.59 Å². The second-order valence-corrected chi connectivity index (χ2v) is 8.66. The van der Waals surface area contributed by atoms with Gasteiger partial charge in [0.1, 0.15) is 12.0 Å². The van der Waals surface area contributed by atoms with Crippen LogP contribution < -0.4 is 9.47 Å². The molecule has 1 fully saturated rings. The molecule has 1 saturated carbocycles. The molecule has 1 unspecified atom stereocenters. The molecular formula is C28H29NO5. The maximum atomic E-state index is 13.0. The first-order chi connectivity index (χ1) is 16.5. The summed E-state index contributed by atoms with van der Waals surface area (Å²) in [5, 5.41) is 0. The van der Waals surface area contributed by atoms with Gasteiger partial charge in [0.25, 0.3) is 0 Å². The number of carbonyl (C=O) groups is 1. The third kappa shape index (κ3) is 5.59. The Morgan fingerprint density at radius 1 is 1.06 bits per heavy atom. The fourth-order valence-corrected chi connectivity index (χ4v) is 3.92. The normalized spacial score (nSPS) is 16.2. The van der Waals surface area contributed by atoms with Crippen LogP contribution in [0.3, 0.4) is 0 Å². The Bertz CT molecular complexity index is 1130. The van der Waals surface area contributed by atoms with Crippen molar-refractivity contribution in [2.45, 2.75) is 32.8 Å². The van der Waals surface area contributed by atoms with Crippen LogP contribution in [0.4, 0.5) is 0 Å². The molecule has 0 bridgehead atoms. The zero-order valence-corrected chi connectivity index (χ0v) is 19.7. The fraction of sp³-hybridized carbons (Fsp3) is 0.321. The topological polar surface area (TPSA) is 65.1 Å². The number of carbonyl (C=O) groups excluding carboxylic acids is 2. The first-order valence-corrected chi connectivity index (χ1v) is 11.4. The minimum atomic E-state index is -0.588. The van der Waals surface area contributed by atoms with Crippen molar-refractivity contribution in [1.29, 1.82) is 0 Å². The summed E-state index contributed by atoms with van der Waals surface area (Å²) in [4.78, 5) is 26.2. The Hall–Kier alpha value is -3.76. The summed E-state index contributed by atoms with van der Waals surface area (Å²) in [6.07, 6.45) is 5.32. The molecule has 0 radical (unpaired) electrons. The van der Waals surface area contributed by atoms with Gasteiger partial charge >= 0.3 is 5.97 Å². The van der Waals surface area contributed by atoms with Crippen LogP contribution in [-0.4, -0.2) is 37.1 Å². The van der Waals surface area contributed by atoms with Crippen LogP contribution in [0.25, 0.3) is 0 Å². The third-order valence-electron chi connectivity index (χ3n) is 6.04. The van der Waals surface area contributed by atoms with Gasteiger partial charge in [-0.25, -0.2) is 9.59 Å². The van der Waals surface area contributed by atoms with Crippen LogP contribution in [0.15, 0.2) is 77.7 Å². The lowest BCUT2D eigenvalue weighted by Crippen LogP contribution is -2.30. The average Bonchev–Trinajstić information content (AvgIpc) is 3.69. The van der Waals surface area contributed by atoms with Crippen molar-refractivity contribution in [3.05, 3.63) is 88.8 Å². The summed E-state index contributed by atoms with van der Waals surface area (Å²) < 4.78 is 17.6. The Morgan fingerprint density at radius 2 is 1.76 bits per heavy atom. The van der Waals surface area contributed by atoms with Crippen LogP contribution in [0.5, 0.6) is 11.5 Å². The predicted octanol–water partition coefficient (Wildman–Crippen LogP) is 5.26. The van der Waals surface area contributed by atoms with E-state index in [2.05, 4.69) is 0 Å². The first kappa shape index (κ1) is 23.4. The SMILES string of the molecule is COc1ccc(C(CN2C(C)=CC(=C=O)C=C2C)OC(=O)c2ccccc2)cc1OCC1CC1. The number of methoxy groups -OCH3 is 1. The summed E-state index contributed by atoms with van der Waals surface area (Å²) in [6, 6.07) is 14.6. The van der Waals surface area contributed by atoms with Crippen LogP contribution >= 0.6 is 0 Å². The smallest absolute Gasteiger partial charge is 0.338 e. The summed E-state index contributed by atoms with van der Waals surface area (Å²) in [7, 11) is 1.61. The van der Waals surface area contributed by atoms with Gasteiger partial charge in [0, 0.05) is 11.4 Å². The molecule has 0 saturated heterocycles. The Kier molecular flexibility index (Phi) is 7.19. The molecule has 0 N–H and O–H groups in total. The summed E-state index contributed by atoms with van der Waals surface area (Å²) >= 11 is 0. The quantitative estimate of drug-likeness (QED) is 0.376. The monoisotopic (exact) mass is 459 g/mol. The van der Waals surface area contributed by atoms with Crippen molar-refractivity contribution < 1.29 is 23.8 Å². The van der Waals surface area contributed by atoms with Gasteiger partial charge in [0.05, 0.1) is 31.4 Å². The van der Waals surface area contributed by atoms with Crippen molar-refractivity contribution >= 4 is 11.9 Å². The summed E-state index contributed by atoms with van der Waals surface area (Å²) in [5.74, 6) is 3.41. The highest BCUT2D eigenvalue weighted by Gasteiger charge is 2.26. The predicted molar refractivity (Wildman–Crippen MR) is 129 cm³/mol. The molecule has 34 heavy (non-hydrogen) atoms. The highest BCUT2D eigenvalue weighted by molar-refractivity contribution is 5.89. The molecule has 6 nitrogen and oxygen atoms in total. The zero-order valence-electron chi connectivity index (χ0n) is 19.7. The zero-order chi connectivity index (χ0) is 24.1. The van der Waals surface area contributed by atoms with Crippen molar-refractivity contribution in [1.82, 2.24) is 4.90 Å². The number of hydrogen-bond donors (Lipinski definition) is 0. The van der Waals surface area contributed by atoms with Crippen molar-refractivity contribution in [2.24, 2.45) is 5.92 Å². The number of esters is 1. The van der Waals surface area contributed by atoms with Crippen molar-refractivity contribution in [3.63, 3.8) is 0 Å². The van der Waals surface area contributed by atoms with E-state index in [0.29, 0.717) is 41.7 Å². The van der Waals surface area contributed by atoms with Crippen LogP contribution in [0.1, 0.15) is 48.7 Å². The molecule has 1 aliphatic heterocycles. The van der Waals surface area contributed by atoms with E-state index >= 15 is 0 Å². The lowest BCUT2D eigenvalue weighted by Gasteiger charge is -2.32. The van der Waals surface area contributed by atoms with E-state index in [1.807, 2.05) is 49.0 Å². The molecule has 1 heterocycles. The van der Waals surface area contributed by atoms with Crippen molar-refractivity contribution in [3.8, 4) is 11.5 Å². The van der Waals surface area contributed by atoms with Crippen LogP contribution in [0, 0.1) is 5.92 Å². The van der Waals surface area contributed by atoms with Gasteiger partial charge in [-0.3, -0.25) is 0 Å². The molecule has 2 aliphatic rings. The second-order valence-electron chi connectivity index (χ2n) is 8.66. The molecule has 2 aromatic rings. The molecule has 176 valence electrons. The standard InChI is InChI=1S/C28H29NO5/c1-19-13-22(17-30)14-20(2)29(19)16-27(34-28(31)23-7-5-4-6-8-23)24-11-12-25(32-3)26(15-24)33-18-21-9-10-21/h4-8,11-15,21,27H,9-10,16,18H2,1-3H3. The molecule has 4 rings (SSSR count). The molecular weight excluding hydrogens is 430 g/mol. The lowest BCUT2D eigenvalue weighted by atomic mass is 10.0. The Labute approximate surface area is 200 Å². The maximum absolute atomic E-state index is 13.0. The molecule has 0 amide bonds. The van der Waals surface area contributed by atoms with E-state index < -0.39 is 12.1 Å². The number of benzene rings is 2. The molecule has 0 aromatic heterocycles. The van der Waals surface area contributed by atoms with Gasteiger partial charge in [0.15, 0.2) is 11.5 Å². The molecule has 2 aromatic carbocycles. The summed E-state index contributed by atoms with van der Waals surface area (Å²) in [5.41, 5.74) is 3.52. The second kappa shape index (κ2) is 10.4. The van der Waals surface area contributed by atoms with Crippen molar-refractivity contribution in [2.75, 3.05) is 20.3 Å². The Balaban J connectivity index is 1.64. The van der Waals surface area contributed by atoms with Gasteiger partial charge in [-0.2, -0.15) is 0 Å². The minimum Gasteiger partial charge on any atom is -0.493 e. The average molecular weight is 460 g/mol. The van der Waals surface area contributed by atoms with Gasteiger partial charge in [-0.1, -0.05) is 24.3 Å². The van der Waals surface area contributed by atoms with E-state index in [-0.39, 0.29) is 0 Å². The summed E-state index contributed by atoms with van der Waals surface area (Å²) in [6.45, 7) is 4.86. The van der Waals surface area contributed by atoms with Gasteiger partial charge in [-0.15, -0.1) is 0 Å². The van der Waals surface area contributed by atoms with Gasteiger partial charge in [0.2, 0.25) is 0 Å². The van der Waals surface area contributed by atoms with E-state index in [0.717, 1.165) is 17.0 Å². The number of hydrogen-bond acceptors (Lipinski definition) is 6. The molecule has 1 aliphatic carbocycles. The van der Waals surface area contributed by atoms with Gasteiger partial charge in [-0.05, 0) is 74.6 Å². The van der Waals surface area contributed by atoms with Crippen LogP contribution in [-0.2, 0) is 9.53 Å². The largest absolute Gasteiger partial charge is 0.493 e. The fourth-order valence-electron chi connectivity index (χ4n) is 3.92. The van der Waals surface area contributed by atoms with E-state index in [4.69, 9.17) is 14.2 Å². The first-order valence-electron chi connectivity index (χ1n) is 11.4.